The Morgan fingerprint density at radius 1 is 1.28 bits per heavy atom. The van der Waals surface area contributed by atoms with Crippen molar-refractivity contribution in [2.45, 2.75) is 58.9 Å². The minimum Gasteiger partial charge on any atom is -0.494 e. The molecule has 5 heteroatoms. The molecule has 0 saturated carbocycles. The lowest BCUT2D eigenvalue weighted by Crippen LogP contribution is -2.48. The number of amides is 1. The van der Waals surface area contributed by atoms with Gasteiger partial charge in [-0.15, -0.1) is 0 Å². The van der Waals surface area contributed by atoms with Crippen LogP contribution in [-0.4, -0.2) is 24.6 Å². The molecule has 1 aliphatic rings. The quantitative estimate of drug-likeness (QED) is 0.423. The van der Waals surface area contributed by atoms with Gasteiger partial charge in [0.2, 0.25) is 0 Å². The molecule has 0 aromatic heterocycles. The molecule has 1 heterocycles. The predicted molar refractivity (Wildman–Crippen MR) is 131 cm³/mol. The summed E-state index contributed by atoms with van der Waals surface area (Å²) in [7, 11) is 0. The lowest BCUT2D eigenvalue weighted by Gasteiger charge is -2.47. The molecule has 0 spiro atoms. The molecule has 1 N–H and O–H groups in total. The van der Waals surface area contributed by atoms with Gasteiger partial charge >= 0.3 is 0 Å². The van der Waals surface area contributed by atoms with E-state index in [0.717, 1.165) is 24.9 Å². The fourth-order valence-corrected chi connectivity index (χ4v) is 4.59. The molecule has 1 aliphatic heterocycles. The minimum atomic E-state index is -0.430. The van der Waals surface area contributed by atoms with Crippen molar-refractivity contribution in [2.24, 2.45) is 0 Å². The molecule has 0 fully saturated rings. The summed E-state index contributed by atoms with van der Waals surface area (Å²) < 4.78 is 5.48. The highest BCUT2D eigenvalue weighted by atomic mass is 16.5. The van der Waals surface area contributed by atoms with Crippen LogP contribution in [0.2, 0.25) is 0 Å². The topological polar surface area (TPSA) is 65.4 Å². The molecule has 0 saturated heterocycles. The Hall–Kier alpha value is -3.26. The Bertz CT molecular complexity index is 1050. The highest BCUT2D eigenvalue weighted by molar-refractivity contribution is 6.09. The van der Waals surface area contributed by atoms with E-state index < -0.39 is 5.91 Å². The van der Waals surface area contributed by atoms with Gasteiger partial charge < -0.3 is 15.0 Å². The maximum absolute atomic E-state index is 12.7. The van der Waals surface area contributed by atoms with Gasteiger partial charge in [0.05, 0.1) is 6.61 Å². The molecule has 32 heavy (non-hydrogen) atoms. The average Bonchev–Trinajstić information content (AvgIpc) is 2.75. The molecule has 1 atom stereocenters. The number of rotatable bonds is 7. The van der Waals surface area contributed by atoms with Gasteiger partial charge in [0.25, 0.3) is 5.91 Å². The first-order valence-corrected chi connectivity index (χ1v) is 11.4. The number of nitrogens with one attached hydrogen (secondary N) is 1. The monoisotopic (exact) mass is 431 g/mol. The standard InChI is InChI=1S/C27H33N3O2/c1-6-13-30-25-12-11-20(15-24(25)19(3)17-27(30,4)5)14-21(18-28)26(31)29-22-9-8-10-23(16-22)32-7-2/h8-12,14-16,19H,6-7,13,17H2,1-5H3,(H,29,31)/b21-14+. The molecule has 0 aliphatic carbocycles. The van der Waals surface area contributed by atoms with E-state index in [9.17, 15) is 10.1 Å². The molecule has 3 rings (SSSR count). The number of anilines is 2. The lowest BCUT2D eigenvalue weighted by atomic mass is 9.79. The second-order valence-electron chi connectivity index (χ2n) is 8.97. The summed E-state index contributed by atoms with van der Waals surface area (Å²) in [5.74, 6) is 0.652. The van der Waals surface area contributed by atoms with E-state index in [0.29, 0.717) is 24.0 Å². The normalized spacial score (nSPS) is 17.3. The zero-order chi connectivity index (χ0) is 23.3. The van der Waals surface area contributed by atoms with Gasteiger partial charge in [0.15, 0.2) is 0 Å². The van der Waals surface area contributed by atoms with Crippen molar-refractivity contribution < 1.29 is 9.53 Å². The average molecular weight is 432 g/mol. The third-order valence-corrected chi connectivity index (χ3v) is 5.94. The number of hydrogen-bond acceptors (Lipinski definition) is 4. The van der Waals surface area contributed by atoms with Crippen LogP contribution in [0.15, 0.2) is 48.0 Å². The Balaban J connectivity index is 1.87. The van der Waals surface area contributed by atoms with Gasteiger partial charge in [0.1, 0.15) is 17.4 Å². The van der Waals surface area contributed by atoms with E-state index in [1.54, 1.807) is 18.2 Å². The molecular weight excluding hydrogens is 398 g/mol. The number of nitriles is 1. The molecule has 2 aromatic carbocycles. The summed E-state index contributed by atoms with van der Waals surface area (Å²) >= 11 is 0. The maximum atomic E-state index is 12.7. The van der Waals surface area contributed by atoms with Crippen molar-refractivity contribution in [1.29, 1.82) is 5.26 Å². The van der Waals surface area contributed by atoms with Gasteiger partial charge in [-0.05, 0) is 81.0 Å². The van der Waals surface area contributed by atoms with Crippen LogP contribution < -0.4 is 15.0 Å². The fraction of sp³-hybridized carbons (Fsp3) is 0.407. The molecule has 0 bridgehead atoms. The van der Waals surface area contributed by atoms with Gasteiger partial charge in [-0.3, -0.25) is 4.79 Å². The Morgan fingerprint density at radius 3 is 2.75 bits per heavy atom. The van der Waals surface area contributed by atoms with Crippen LogP contribution in [0.1, 0.15) is 64.5 Å². The van der Waals surface area contributed by atoms with Gasteiger partial charge in [-0.2, -0.15) is 5.26 Å². The van der Waals surface area contributed by atoms with Gasteiger partial charge in [-0.25, -0.2) is 0 Å². The van der Waals surface area contributed by atoms with E-state index >= 15 is 0 Å². The fourth-order valence-electron chi connectivity index (χ4n) is 4.59. The van der Waals surface area contributed by atoms with Crippen LogP contribution in [0.25, 0.3) is 6.08 Å². The molecule has 168 valence electrons. The summed E-state index contributed by atoms with van der Waals surface area (Å²) in [5, 5.41) is 12.4. The number of benzene rings is 2. The van der Waals surface area contributed by atoms with Crippen molar-refractivity contribution >= 4 is 23.4 Å². The molecule has 5 nitrogen and oxygen atoms in total. The summed E-state index contributed by atoms with van der Waals surface area (Å²) in [4.78, 5) is 15.2. The number of fused-ring (bicyclic) bond motifs is 1. The second kappa shape index (κ2) is 9.91. The summed E-state index contributed by atoms with van der Waals surface area (Å²) in [6.07, 6.45) is 3.82. The molecule has 2 aromatic rings. The molecule has 1 unspecified atom stereocenters. The maximum Gasteiger partial charge on any atom is 0.266 e. The summed E-state index contributed by atoms with van der Waals surface area (Å²) in [6.45, 7) is 12.5. The predicted octanol–water partition coefficient (Wildman–Crippen LogP) is 6.13. The highest BCUT2D eigenvalue weighted by Crippen LogP contribution is 2.43. The van der Waals surface area contributed by atoms with Crippen molar-refractivity contribution in [3.63, 3.8) is 0 Å². The van der Waals surface area contributed by atoms with Crippen molar-refractivity contribution in [2.75, 3.05) is 23.4 Å². The van der Waals surface area contributed by atoms with Gasteiger partial charge in [-0.1, -0.05) is 26.0 Å². The zero-order valence-corrected chi connectivity index (χ0v) is 19.7. The van der Waals surface area contributed by atoms with Crippen LogP contribution in [0.4, 0.5) is 11.4 Å². The van der Waals surface area contributed by atoms with Crippen LogP contribution in [0.3, 0.4) is 0 Å². The number of carbonyl (C=O) groups is 1. The molecule has 1 amide bonds. The van der Waals surface area contributed by atoms with Crippen LogP contribution in [-0.2, 0) is 4.79 Å². The van der Waals surface area contributed by atoms with Gasteiger partial charge in [0, 0.05) is 29.5 Å². The van der Waals surface area contributed by atoms with Crippen molar-refractivity contribution in [3.05, 3.63) is 59.2 Å². The zero-order valence-electron chi connectivity index (χ0n) is 19.7. The largest absolute Gasteiger partial charge is 0.494 e. The van der Waals surface area contributed by atoms with Crippen molar-refractivity contribution in [1.82, 2.24) is 0 Å². The third-order valence-electron chi connectivity index (χ3n) is 5.94. The first-order chi connectivity index (χ1) is 15.3. The minimum absolute atomic E-state index is 0.0703. The van der Waals surface area contributed by atoms with E-state index in [1.165, 1.54) is 11.3 Å². The summed E-state index contributed by atoms with van der Waals surface area (Å²) in [5.41, 5.74) is 4.16. The van der Waals surface area contributed by atoms with E-state index in [4.69, 9.17) is 4.74 Å². The van der Waals surface area contributed by atoms with Crippen LogP contribution >= 0.6 is 0 Å². The Kier molecular flexibility index (Phi) is 7.25. The SMILES string of the molecule is CCCN1c2ccc(/C=C(\C#N)C(=O)Nc3cccc(OCC)c3)cc2C(C)CC1(C)C. The highest BCUT2D eigenvalue weighted by Gasteiger charge is 2.35. The number of carbonyl (C=O) groups excluding carboxylic acids is 1. The number of hydrogen-bond donors (Lipinski definition) is 1. The first-order valence-electron chi connectivity index (χ1n) is 11.4. The van der Waals surface area contributed by atoms with E-state index in [1.807, 2.05) is 25.1 Å². The first kappa shape index (κ1) is 23.4. The Morgan fingerprint density at radius 2 is 2.06 bits per heavy atom. The molecular formula is C27H33N3O2. The Labute approximate surface area is 191 Å². The molecule has 0 radical (unpaired) electrons. The second-order valence-corrected chi connectivity index (χ2v) is 8.97. The van der Waals surface area contributed by atoms with Crippen LogP contribution in [0, 0.1) is 11.3 Å². The number of ether oxygens (including phenoxy) is 1. The van der Waals surface area contributed by atoms with E-state index in [2.05, 4.69) is 56.1 Å². The van der Waals surface area contributed by atoms with E-state index in [-0.39, 0.29) is 11.1 Å². The smallest absolute Gasteiger partial charge is 0.266 e. The van der Waals surface area contributed by atoms with Crippen molar-refractivity contribution in [3.8, 4) is 11.8 Å². The third kappa shape index (κ3) is 5.13. The lowest BCUT2D eigenvalue weighted by molar-refractivity contribution is -0.112. The number of nitrogens with zero attached hydrogens (tertiary/aromatic N) is 2. The van der Waals surface area contributed by atoms with Crippen LogP contribution in [0.5, 0.6) is 5.75 Å². The summed E-state index contributed by atoms with van der Waals surface area (Å²) in [6, 6.07) is 15.5.